The van der Waals surface area contributed by atoms with Gasteiger partial charge in [0, 0.05) is 11.6 Å². The zero-order valence-electron chi connectivity index (χ0n) is 9.86. The number of rotatable bonds is 3. The third-order valence-corrected chi connectivity index (χ3v) is 4.34. The number of hydrogen-bond acceptors (Lipinski definition) is 3. The SMILES string of the molecule is Clc1ccccc1CNc1c(Cl)ccc2scnc12. The fourth-order valence-corrected chi connectivity index (χ4v) is 3.01. The lowest BCUT2D eigenvalue weighted by atomic mass is 10.2. The zero-order valence-corrected chi connectivity index (χ0v) is 12.2. The minimum Gasteiger partial charge on any atom is -0.378 e. The Morgan fingerprint density at radius 1 is 1.05 bits per heavy atom. The lowest BCUT2D eigenvalue weighted by Gasteiger charge is -2.10. The van der Waals surface area contributed by atoms with E-state index >= 15 is 0 Å². The van der Waals surface area contributed by atoms with Crippen LogP contribution < -0.4 is 5.32 Å². The summed E-state index contributed by atoms with van der Waals surface area (Å²) in [5, 5.41) is 4.75. The van der Waals surface area contributed by atoms with Crippen LogP contribution in [0.3, 0.4) is 0 Å². The first kappa shape index (κ1) is 12.7. The van der Waals surface area contributed by atoms with E-state index in [1.165, 1.54) is 0 Å². The predicted octanol–water partition coefficient (Wildman–Crippen LogP) is 5.22. The maximum atomic E-state index is 6.24. The van der Waals surface area contributed by atoms with Crippen LogP contribution in [0.5, 0.6) is 0 Å². The summed E-state index contributed by atoms with van der Waals surface area (Å²) in [5.74, 6) is 0. The highest BCUT2D eigenvalue weighted by atomic mass is 35.5. The van der Waals surface area contributed by atoms with E-state index in [1.54, 1.807) is 11.3 Å². The minimum atomic E-state index is 0.621. The number of nitrogens with zero attached hydrogens (tertiary/aromatic N) is 1. The quantitative estimate of drug-likeness (QED) is 0.718. The Balaban J connectivity index is 1.92. The smallest absolute Gasteiger partial charge is 0.106 e. The lowest BCUT2D eigenvalue weighted by molar-refractivity contribution is 1.15. The molecule has 96 valence electrons. The van der Waals surface area contributed by atoms with Crippen molar-refractivity contribution in [2.24, 2.45) is 0 Å². The zero-order chi connectivity index (χ0) is 13.2. The first-order valence-corrected chi connectivity index (χ1v) is 7.38. The van der Waals surface area contributed by atoms with Crippen molar-refractivity contribution in [2.45, 2.75) is 6.54 Å². The summed E-state index contributed by atoms with van der Waals surface area (Å²) in [4.78, 5) is 4.35. The molecule has 0 aliphatic heterocycles. The van der Waals surface area contributed by atoms with Gasteiger partial charge in [-0.15, -0.1) is 11.3 Å². The van der Waals surface area contributed by atoms with Crippen molar-refractivity contribution in [1.82, 2.24) is 4.98 Å². The van der Waals surface area contributed by atoms with Crippen molar-refractivity contribution in [3.05, 3.63) is 57.5 Å². The first-order valence-electron chi connectivity index (χ1n) is 5.74. The van der Waals surface area contributed by atoms with Crippen LogP contribution in [0, 0.1) is 0 Å². The number of hydrogen-bond donors (Lipinski definition) is 1. The Morgan fingerprint density at radius 3 is 2.74 bits per heavy atom. The highest BCUT2D eigenvalue weighted by Gasteiger charge is 2.09. The van der Waals surface area contributed by atoms with Crippen molar-refractivity contribution < 1.29 is 0 Å². The summed E-state index contributed by atoms with van der Waals surface area (Å²) in [6.45, 7) is 0.621. The Morgan fingerprint density at radius 2 is 1.89 bits per heavy atom. The predicted molar refractivity (Wildman–Crippen MR) is 83.4 cm³/mol. The van der Waals surface area contributed by atoms with E-state index in [9.17, 15) is 0 Å². The molecule has 3 rings (SSSR count). The fraction of sp³-hybridized carbons (Fsp3) is 0.0714. The molecule has 5 heteroatoms. The number of aromatic nitrogens is 1. The Kier molecular flexibility index (Phi) is 3.60. The minimum absolute atomic E-state index is 0.621. The lowest BCUT2D eigenvalue weighted by Crippen LogP contribution is -2.01. The van der Waals surface area contributed by atoms with Gasteiger partial charge in [-0.25, -0.2) is 4.98 Å². The molecule has 0 amide bonds. The molecule has 0 spiro atoms. The summed E-state index contributed by atoms with van der Waals surface area (Å²) >= 11 is 14.0. The Bertz CT molecular complexity index is 724. The van der Waals surface area contributed by atoms with E-state index in [0.29, 0.717) is 11.6 Å². The average molecular weight is 309 g/mol. The van der Waals surface area contributed by atoms with Gasteiger partial charge in [0.2, 0.25) is 0 Å². The molecule has 1 aromatic heterocycles. The number of nitrogens with one attached hydrogen (secondary N) is 1. The van der Waals surface area contributed by atoms with Gasteiger partial charge in [-0.2, -0.15) is 0 Å². The second kappa shape index (κ2) is 5.37. The molecule has 2 nitrogen and oxygen atoms in total. The normalized spacial score (nSPS) is 10.8. The van der Waals surface area contributed by atoms with Crippen LogP contribution in [-0.2, 0) is 6.54 Å². The molecule has 0 radical (unpaired) electrons. The maximum absolute atomic E-state index is 6.24. The van der Waals surface area contributed by atoms with Gasteiger partial charge < -0.3 is 5.32 Å². The van der Waals surface area contributed by atoms with Gasteiger partial charge >= 0.3 is 0 Å². The van der Waals surface area contributed by atoms with Crippen molar-refractivity contribution in [3.8, 4) is 0 Å². The number of benzene rings is 2. The number of fused-ring (bicyclic) bond motifs is 1. The molecule has 19 heavy (non-hydrogen) atoms. The second-order valence-corrected chi connectivity index (χ2v) is 5.77. The summed E-state index contributed by atoms with van der Waals surface area (Å²) in [7, 11) is 0. The van der Waals surface area contributed by atoms with Crippen LogP contribution in [0.25, 0.3) is 10.2 Å². The average Bonchev–Trinajstić information content (AvgIpc) is 2.88. The molecular weight excluding hydrogens is 299 g/mol. The molecule has 0 aliphatic rings. The van der Waals surface area contributed by atoms with Gasteiger partial charge in [0.05, 0.1) is 20.9 Å². The molecule has 0 saturated heterocycles. The van der Waals surface area contributed by atoms with Crippen LogP contribution in [0.1, 0.15) is 5.56 Å². The topological polar surface area (TPSA) is 24.9 Å². The summed E-state index contributed by atoms with van der Waals surface area (Å²) in [6, 6.07) is 11.6. The summed E-state index contributed by atoms with van der Waals surface area (Å²) < 4.78 is 1.12. The van der Waals surface area contributed by atoms with Crippen molar-refractivity contribution in [2.75, 3.05) is 5.32 Å². The van der Waals surface area contributed by atoms with Gasteiger partial charge in [0.1, 0.15) is 5.52 Å². The molecule has 0 saturated carbocycles. The van der Waals surface area contributed by atoms with Crippen molar-refractivity contribution >= 4 is 50.4 Å². The maximum Gasteiger partial charge on any atom is 0.106 e. The van der Waals surface area contributed by atoms with E-state index < -0.39 is 0 Å². The number of thiazole rings is 1. The monoisotopic (exact) mass is 308 g/mol. The van der Waals surface area contributed by atoms with Crippen LogP contribution in [0.2, 0.25) is 10.0 Å². The molecule has 0 aliphatic carbocycles. The Hall–Kier alpha value is -1.29. The van der Waals surface area contributed by atoms with Crippen LogP contribution >= 0.6 is 34.5 Å². The van der Waals surface area contributed by atoms with E-state index in [0.717, 1.165) is 26.5 Å². The largest absolute Gasteiger partial charge is 0.378 e. The molecular formula is C14H10Cl2N2S. The molecule has 3 aromatic rings. The highest BCUT2D eigenvalue weighted by molar-refractivity contribution is 7.16. The van der Waals surface area contributed by atoms with E-state index in [-0.39, 0.29) is 0 Å². The summed E-state index contributed by atoms with van der Waals surface area (Å²) in [6.07, 6.45) is 0. The van der Waals surface area contributed by atoms with E-state index in [1.807, 2.05) is 41.9 Å². The van der Waals surface area contributed by atoms with Gasteiger partial charge in [-0.05, 0) is 23.8 Å². The highest BCUT2D eigenvalue weighted by Crippen LogP contribution is 2.32. The number of halogens is 2. The standard InChI is InChI=1S/C14H10Cl2N2S/c15-10-4-2-1-3-9(10)7-17-13-11(16)5-6-12-14(13)18-8-19-12/h1-6,8,17H,7H2. The van der Waals surface area contributed by atoms with E-state index in [4.69, 9.17) is 23.2 Å². The first-order chi connectivity index (χ1) is 9.25. The van der Waals surface area contributed by atoms with Crippen LogP contribution in [-0.4, -0.2) is 4.98 Å². The molecule has 2 aromatic carbocycles. The molecule has 0 bridgehead atoms. The third-order valence-electron chi connectivity index (χ3n) is 2.86. The van der Waals surface area contributed by atoms with Gasteiger partial charge in [-0.3, -0.25) is 0 Å². The van der Waals surface area contributed by atoms with Crippen LogP contribution in [0.4, 0.5) is 5.69 Å². The van der Waals surface area contributed by atoms with Gasteiger partial charge in [0.25, 0.3) is 0 Å². The number of anilines is 1. The summed E-state index contributed by atoms with van der Waals surface area (Å²) in [5.41, 5.74) is 4.62. The molecule has 0 unspecified atom stereocenters. The second-order valence-electron chi connectivity index (χ2n) is 4.07. The van der Waals surface area contributed by atoms with E-state index in [2.05, 4.69) is 10.3 Å². The van der Waals surface area contributed by atoms with Gasteiger partial charge in [0.15, 0.2) is 0 Å². The Labute approximate surface area is 125 Å². The van der Waals surface area contributed by atoms with Crippen molar-refractivity contribution in [1.29, 1.82) is 0 Å². The molecule has 1 heterocycles. The van der Waals surface area contributed by atoms with Gasteiger partial charge in [-0.1, -0.05) is 41.4 Å². The molecule has 0 atom stereocenters. The third kappa shape index (κ3) is 2.54. The molecule has 0 fully saturated rings. The van der Waals surface area contributed by atoms with Crippen LogP contribution in [0.15, 0.2) is 41.9 Å². The van der Waals surface area contributed by atoms with Crippen molar-refractivity contribution in [3.63, 3.8) is 0 Å². The molecule has 1 N–H and O–H groups in total. The fourth-order valence-electron chi connectivity index (χ4n) is 1.90.